The molecule has 1 heterocycles. The zero-order valence-electron chi connectivity index (χ0n) is 29.2. The van der Waals surface area contributed by atoms with Crippen molar-refractivity contribution in [1.82, 2.24) is 9.97 Å². The smallest absolute Gasteiger partial charge is 0.160 e. The summed E-state index contributed by atoms with van der Waals surface area (Å²) in [6, 6.07) is 66.0. The number of aromatic nitrogens is 2. The van der Waals surface area contributed by atoms with Crippen molar-refractivity contribution < 1.29 is 0 Å². The first-order valence-electron chi connectivity index (χ1n) is 18.1. The van der Waals surface area contributed by atoms with Crippen LogP contribution < -0.4 is 0 Å². The zero-order valence-corrected chi connectivity index (χ0v) is 29.2. The molecule has 0 unspecified atom stereocenters. The van der Waals surface area contributed by atoms with Gasteiger partial charge in [-0.15, -0.1) is 0 Å². The quantitative estimate of drug-likeness (QED) is 0.187. The molecule has 0 saturated carbocycles. The second-order valence-corrected chi connectivity index (χ2v) is 14.5. The number of nitrogens with zero attached hydrogens (tertiary/aromatic N) is 2. The van der Waals surface area contributed by atoms with Gasteiger partial charge in [0.25, 0.3) is 0 Å². The van der Waals surface area contributed by atoms with Crippen LogP contribution in [-0.2, 0) is 10.8 Å². The number of fused-ring (bicyclic) bond motifs is 9. The Morgan fingerprint density at radius 2 is 0.808 bits per heavy atom. The average Bonchev–Trinajstić information content (AvgIpc) is 3.51. The predicted molar refractivity (Wildman–Crippen MR) is 213 cm³/mol. The molecule has 246 valence electrons. The number of benzene rings is 7. The zero-order chi connectivity index (χ0) is 34.9. The molecule has 0 N–H and O–H groups in total. The summed E-state index contributed by atoms with van der Waals surface area (Å²) in [4.78, 5) is 10.2. The molecule has 0 atom stereocenters. The third-order valence-corrected chi connectivity index (χ3v) is 11.4. The molecule has 0 bridgehead atoms. The van der Waals surface area contributed by atoms with Gasteiger partial charge < -0.3 is 0 Å². The Labute approximate surface area is 305 Å². The average molecular weight is 665 g/mol. The van der Waals surface area contributed by atoms with E-state index in [2.05, 4.69) is 172 Å². The molecule has 1 aromatic heterocycles. The van der Waals surface area contributed by atoms with Gasteiger partial charge >= 0.3 is 0 Å². The molecule has 2 aliphatic rings. The lowest BCUT2D eigenvalue weighted by Crippen LogP contribution is -2.40. The van der Waals surface area contributed by atoms with Gasteiger partial charge in [0.05, 0.1) is 16.8 Å². The van der Waals surface area contributed by atoms with Gasteiger partial charge in [0.1, 0.15) is 0 Å². The van der Waals surface area contributed by atoms with Gasteiger partial charge in [-0.1, -0.05) is 178 Å². The maximum absolute atomic E-state index is 5.13. The fourth-order valence-corrected chi connectivity index (χ4v) is 8.95. The van der Waals surface area contributed by atoms with Crippen molar-refractivity contribution in [3.05, 3.63) is 215 Å². The predicted octanol–water partition coefficient (Wildman–Crippen LogP) is 12.1. The van der Waals surface area contributed by atoms with E-state index in [9.17, 15) is 0 Å². The fourth-order valence-electron chi connectivity index (χ4n) is 8.95. The van der Waals surface area contributed by atoms with E-state index in [0.29, 0.717) is 0 Å². The molecular weight excluding hydrogens is 629 g/mol. The molecule has 0 radical (unpaired) electrons. The lowest BCUT2D eigenvalue weighted by atomic mass is 9.55. The highest BCUT2D eigenvalue weighted by Crippen LogP contribution is 2.62. The maximum atomic E-state index is 5.13. The summed E-state index contributed by atoms with van der Waals surface area (Å²) < 4.78 is 0. The minimum absolute atomic E-state index is 0.209. The summed E-state index contributed by atoms with van der Waals surface area (Å²) in [5, 5.41) is 0. The van der Waals surface area contributed by atoms with Crippen LogP contribution in [-0.4, -0.2) is 9.97 Å². The molecule has 2 nitrogen and oxygen atoms in total. The van der Waals surface area contributed by atoms with E-state index in [1.54, 1.807) is 0 Å². The summed E-state index contributed by atoms with van der Waals surface area (Å²) in [5.41, 5.74) is 17.6. The topological polar surface area (TPSA) is 25.8 Å². The minimum Gasteiger partial charge on any atom is -0.228 e. The van der Waals surface area contributed by atoms with Crippen LogP contribution in [0.3, 0.4) is 0 Å². The van der Waals surface area contributed by atoms with Crippen molar-refractivity contribution in [2.24, 2.45) is 0 Å². The molecule has 0 fully saturated rings. The molecule has 0 amide bonds. The van der Waals surface area contributed by atoms with Gasteiger partial charge in [0, 0.05) is 22.1 Å². The van der Waals surface area contributed by atoms with Gasteiger partial charge in [-0.3, -0.25) is 0 Å². The van der Waals surface area contributed by atoms with Crippen molar-refractivity contribution in [2.45, 2.75) is 24.7 Å². The first kappa shape index (κ1) is 30.4. The standard InChI is InChI=1S/C50H36N2/c1-49(2)42-26-13-14-27-43(42)50(40-24-11-9-22-38(40)39-23-10-12-25-41(39)50)44-29-28-36(31-45(44)49)35-20-15-21-37(30-35)47-32-46(33-16-5-3-6-17-33)51-48(52-47)34-18-7-4-8-19-34/h3-32H,1-2H3. The third-order valence-electron chi connectivity index (χ3n) is 11.4. The van der Waals surface area contributed by atoms with Crippen LogP contribution in [0, 0.1) is 0 Å². The van der Waals surface area contributed by atoms with E-state index >= 15 is 0 Å². The van der Waals surface area contributed by atoms with Gasteiger partial charge in [-0.2, -0.15) is 0 Å². The fraction of sp³-hybridized carbons (Fsp3) is 0.0800. The lowest BCUT2D eigenvalue weighted by Gasteiger charge is -2.46. The van der Waals surface area contributed by atoms with E-state index in [1.165, 1.54) is 50.1 Å². The SMILES string of the molecule is CC1(C)c2ccccc2C2(c3ccccc3-c3ccccc32)c2ccc(-c3cccc(-c4cc(-c5ccccc5)nc(-c5ccccc5)n4)c3)cc21. The van der Waals surface area contributed by atoms with E-state index in [-0.39, 0.29) is 5.41 Å². The second-order valence-electron chi connectivity index (χ2n) is 14.5. The Morgan fingerprint density at radius 1 is 0.327 bits per heavy atom. The molecule has 0 aliphatic heterocycles. The van der Waals surface area contributed by atoms with Crippen LogP contribution >= 0.6 is 0 Å². The van der Waals surface area contributed by atoms with E-state index in [0.717, 1.165) is 39.5 Å². The number of hydrogen-bond acceptors (Lipinski definition) is 2. The Bertz CT molecular complexity index is 2550. The number of hydrogen-bond donors (Lipinski definition) is 0. The van der Waals surface area contributed by atoms with Crippen LogP contribution in [0.4, 0.5) is 0 Å². The molecule has 52 heavy (non-hydrogen) atoms. The van der Waals surface area contributed by atoms with E-state index in [1.807, 2.05) is 24.3 Å². The monoisotopic (exact) mass is 664 g/mol. The van der Waals surface area contributed by atoms with Crippen molar-refractivity contribution in [3.8, 4) is 56.2 Å². The summed E-state index contributed by atoms with van der Waals surface area (Å²) in [6.45, 7) is 4.78. The summed E-state index contributed by atoms with van der Waals surface area (Å²) >= 11 is 0. The van der Waals surface area contributed by atoms with E-state index < -0.39 is 5.41 Å². The van der Waals surface area contributed by atoms with Gasteiger partial charge in [0.15, 0.2) is 5.82 Å². The van der Waals surface area contributed by atoms with Gasteiger partial charge in [-0.25, -0.2) is 9.97 Å². The normalized spacial score (nSPS) is 14.3. The van der Waals surface area contributed by atoms with Crippen LogP contribution in [0.2, 0.25) is 0 Å². The van der Waals surface area contributed by atoms with Crippen molar-refractivity contribution >= 4 is 0 Å². The highest BCUT2D eigenvalue weighted by molar-refractivity contribution is 5.89. The minimum atomic E-state index is -0.391. The van der Waals surface area contributed by atoms with Crippen LogP contribution in [0.15, 0.2) is 182 Å². The molecule has 2 heteroatoms. The summed E-state index contributed by atoms with van der Waals surface area (Å²) in [6.07, 6.45) is 0. The second kappa shape index (κ2) is 11.6. The first-order valence-corrected chi connectivity index (χ1v) is 18.1. The molecule has 2 aliphatic carbocycles. The lowest BCUT2D eigenvalue weighted by molar-refractivity contribution is 0.563. The van der Waals surface area contributed by atoms with Crippen LogP contribution in [0.5, 0.6) is 0 Å². The van der Waals surface area contributed by atoms with Gasteiger partial charge in [0.2, 0.25) is 0 Å². The van der Waals surface area contributed by atoms with Crippen LogP contribution in [0.25, 0.3) is 56.2 Å². The van der Waals surface area contributed by atoms with Crippen molar-refractivity contribution in [2.75, 3.05) is 0 Å². The van der Waals surface area contributed by atoms with Crippen molar-refractivity contribution in [3.63, 3.8) is 0 Å². The Balaban J connectivity index is 1.16. The first-order chi connectivity index (χ1) is 25.5. The highest BCUT2D eigenvalue weighted by atomic mass is 14.9. The van der Waals surface area contributed by atoms with Crippen molar-refractivity contribution in [1.29, 1.82) is 0 Å². The largest absolute Gasteiger partial charge is 0.228 e. The maximum Gasteiger partial charge on any atom is 0.160 e. The number of rotatable bonds is 4. The molecule has 8 aromatic rings. The molecule has 0 saturated heterocycles. The van der Waals surface area contributed by atoms with Gasteiger partial charge in [-0.05, 0) is 73.8 Å². The molecular formula is C50H36N2. The summed E-state index contributed by atoms with van der Waals surface area (Å²) in [7, 11) is 0. The Kier molecular flexibility index (Phi) is 6.78. The molecule has 10 rings (SSSR count). The third kappa shape index (κ3) is 4.44. The van der Waals surface area contributed by atoms with Crippen LogP contribution in [0.1, 0.15) is 47.2 Å². The van der Waals surface area contributed by atoms with E-state index in [4.69, 9.17) is 9.97 Å². The molecule has 1 spiro atoms. The molecule has 7 aromatic carbocycles. The highest BCUT2D eigenvalue weighted by Gasteiger charge is 2.53. The Hall–Kier alpha value is -6.38. The Morgan fingerprint density at radius 3 is 1.48 bits per heavy atom. The summed E-state index contributed by atoms with van der Waals surface area (Å²) in [5.74, 6) is 0.721.